The fourth-order valence-electron chi connectivity index (χ4n) is 3.04. The number of carbonyl (C=O) groups is 2. The van der Waals surface area contributed by atoms with Crippen LogP contribution in [0, 0.1) is 5.41 Å². The number of Topliss-reactive ketones (excluding diaryl/α,β-unsaturated/α-hetero) is 1. The van der Waals surface area contributed by atoms with Crippen molar-refractivity contribution in [1.82, 2.24) is 9.88 Å². The smallest absolute Gasteiger partial charge is 0.407 e. The number of pyridine rings is 1. The molecule has 0 bridgehead atoms. The van der Waals surface area contributed by atoms with E-state index in [0.717, 1.165) is 19.3 Å². The molecule has 5 heteroatoms. The van der Waals surface area contributed by atoms with Gasteiger partial charge >= 0.3 is 6.09 Å². The minimum Gasteiger partial charge on any atom is -0.465 e. The molecule has 1 aromatic heterocycles. The maximum absolute atomic E-state index is 12.4. The van der Waals surface area contributed by atoms with Gasteiger partial charge in [0, 0.05) is 18.2 Å². The highest BCUT2D eigenvalue weighted by Crippen LogP contribution is 2.53. The second-order valence-corrected chi connectivity index (χ2v) is 5.11. The van der Waals surface area contributed by atoms with Gasteiger partial charge in [0.05, 0.1) is 0 Å². The first-order valence-electron chi connectivity index (χ1n) is 6.09. The number of carbonyl (C=O) groups excluding carboxylic acids is 1. The zero-order valence-electron chi connectivity index (χ0n) is 9.87. The quantitative estimate of drug-likeness (QED) is 0.808. The SMILES string of the molecule is O=C(c1ccccn1)C1N(C(=O)O)CC12CCC2. The zero-order valence-corrected chi connectivity index (χ0v) is 9.87. The Hall–Kier alpha value is -1.91. The summed E-state index contributed by atoms with van der Waals surface area (Å²) >= 11 is 0. The van der Waals surface area contributed by atoms with Crippen LogP contribution in [0.3, 0.4) is 0 Å². The monoisotopic (exact) mass is 246 g/mol. The van der Waals surface area contributed by atoms with Crippen molar-refractivity contribution in [3.63, 3.8) is 0 Å². The highest BCUT2D eigenvalue weighted by Gasteiger charge is 2.60. The molecule has 1 N–H and O–H groups in total. The van der Waals surface area contributed by atoms with Crippen molar-refractivity contribution in [1.29, 1.82) is 0 Å². The van der Waals surface area contributed by atoms with E-state index in [-0.39, 0.29) is 11.2 Å². The first-order chi connectivity index (χ1) is 8.64. The molecule has 1 amide bonds. The molecule has 1 aliphatic carbocycles. The number of hydrogen-bond acceptors (Lipinski definition) is 3. The molecule has 2 heterocycles. The van der Waals surface area contributed by atoms with Crippen LogP contribution >= 0.6 is 0 Å². The Morgan fingerprint density at radius 3 is 2.67 bits per heavy atom. The largest absolute Gasteiger partial charge is 0.465 e. The van der Waals surface area contributed by atoms with E-state index in [9.17, 15) is 9.59 Å². The molecule has 5 nitrogen and oxygen atoms in total. The van der Waals surface area contributed by atoms with Crippen LogP contribution in [0.1, 0.15) is 29.8 Å². The second-order valence-electron chi connectivity index (χ2n) is 5.11. The van der Waals surface area contributed by atoms with Crippen molar-refractivity contribution < 1.29 is 14.7 Å². The van der Waals surface area contributed by atoms with Gasteiger partial charge < -0.3 is 5.11 Å². The molecule has 2 fully saturated rings. The van der Waals surface area contributed by atoms with Crippen LogP contribution in [-0.2, 0) is 0 Å². The average molecular weight is 246 g/mol. The van der Waals surface area contributed by atoms with E-state index < -0.39 is 12.1 Å². The van der Waals surface area contributed by atoms with Crippen LogP contribution in [0.25, 0.3) is 0 Å². The van der Waals surface area contributed by atoms with Gasteiger partial charge in [-0.05, 0) is 25.0 Å². The Bertz CT molecular complexity index is 496. The lowest BCUT2D eigenvalue weighted by Gasteiger charge is -2.60. The molecule has 3 rings (SSSR count). The normalized spacial score (nSPS) is 24.2. The number of likely N-dealkylation sites (tertiary alicyclic amines) is 1. The average Bonchev–Trinajstić information content (AvgIpc) is 2.26. The standard InChI is InChI=1S/C13H14N2O3/c16-10(9-4-1-2-7-14-9)11-13(5-3-6-13)8-15(11)12(17)18/h1-2,4,7,11H,3,5-6,8H2,(H,17,18). The summed E-state index contributed by atoms with van der Waals surface area (Å²) in [7, 11) is 0. The Kier molecular flexibility index (Phi) is 2.36. The molecule has 1 atom stereocenters. The van der Waals surface area contributed by atoms with Crippen LogP contribution in [0.15, 0.2) is 24.4 Å². The molecule has 1 aliphatic heterocycles. The summed E-state index contributed by atoms with van der Waals surface area (Å²) in [6, 6.07) is 4.61. The van der Waals surface area contributed by atoms with Gasteiger partial charge in [0.15, 0.2) is 0 Å². The molecule has 0 aromatic carbocycles. The van der Waals surface area contributed by atoms with Gasteiger partial charge in [0.25, 0.3) is 0 Å². The molecule has 1 saturated heterocycles. The maximum atomic E-state index is 12.4. The minimum atomic E-state index is -1.01. The lowest BCUT2D eigenvalue weighted by atomic mass is 9.57. The van der Waals surface area contributed by atoms with Gasteiger partial charge in [-0.1, -0.05) is 12.5 Å². The fourth-order valence-corrected chi connectivity index (χ4v) is 3.04. The maximum Gasteiger partial charge on any atom is 0.407 e. The number of rotatable bonds is 2. The predicted octanol–water partition coefficient (Wildman–Crippen LogP) is 1.80. The van der Waals surface area contributed by atoms with Gasteiger partial charge in [-0.3, -0.25) is 14.7 Å². The lowest BCUT2D eigenvalue weighted by Crippen LogP contribution is -2.71. The first-order valence-corrected chi connectivity index (χ1v) is 6.09. The highest BCUT2D eigenvalue weighted by atomic mass is 16.4. The molecular weight excluding hydrogens is 232 g/mol. The molecule has 1 aromatic rings. The molecular formula is C13H14N2O3. The van der Waals surface area contributed by atoms with Crippen molar-refractivity contribution in [3.8, 4) is 0 Å². The number of amides is 1. The van der Waals surface area contributed by atoms with Crippen molar-refractivity contribution in [2.75, 3.05) is 6.54 Å². The van der Waals surface area contributed by atoms with E-state index in [0.29, 0.717) is 12.2 Å². The topological polar surface area (TPSA) is 70.5 Å². The summed E-state index contributed by atoms with van der Waals surface area (Å²) in [6.07, 6.45) is 3.52. The Balaban J connectivity index is 1.88. The number of carboxylic acid groups (broad SMARTS) is 1. The molecule has 1 saturated carbocycles. The van der Waals surface area contributed by atoms with Crippen molar-refractivity contribution in [2.24, 2.45) is 5.41 Å². The van der Waals surface area contributed by atoms with Gasteiger partial charge in [0.1, 0.15) is 11.7 Å². The van der Waals surface area contributed by atoms with Crippen molar-refractivity contribution in [2.45, 2.75) is 25.3 Å². The third-order valence-corrected chi connectivity index (χ3v) is 4.14. The van der Waals surface area contributed by atoms with E-state index >= 15 is 0 Å². The zero-order chi connectivity index (χ0) is 12.8. The predicted molar refractivity (Wildman–Crippen MR) is 63.4 cm³/mol. The van der Waals surface area contributed by atoms with E-state index in [1.165, 1.54) is 4.90 Å². The van der Waals surface area contributed by atoms with Crippen molar-refractivity contribution >= 4 is 11.9 Å². The van der Waals surface area contributed by atoms with Gasteiger partial charge in [0.2, 0.25) is 5.78 Å². The summed E-state index contributed by atoms with van der Waals surface area (Å²) in [6.45, 7) is 0.492. The van der Waals surface area contributed by atoms with E-state index in [1.54, 1.807) is 24.4 Å². The third kappa shape index (κ3) is 1.43. The Morgan fingerprint density at radius 1 is 1.39 bits per heavy atom. The van der Waals surface area contributed by atoms with Gasteiger partial charge in [-0.2, -0.15) is 0 Å². The molecule has 18 heavy (non-hydrogen) atoms. The molecule has 2 aliphatic rings. The fraction of sp³-hybridized carbons (Fsp3) is 0.462. The summed E-state index contributed by atoms with van der Waals surface area (Å²) < 4.78 is 0. The molecule has 1 spiro atoms. The highest BCUT2D eigenvalue weighted by molar-refractivity contribution is 6.01. The summed E-state index contributed by atoms with van der Waals surface area (Å²) in [4.78, 5) is 28.8. The minimum absolute atomic E-state index is 0.104. The van der Waals surface area contributed by atoms with E-state index in [4.69, 9.17) is 5.11 Å². The van der Waals surface area contributed by atoms with Crippen LogP contribution in [0.5, 0.6) is 0 Å². The van der Waals surface area contributed by atoms with Crippen LogP contribution in [-0.4, -0.2) is 39.5 Å². The van der Waals surface area contributed by atoms with Crippen LogP contribution < -0.4 is 0 Å². The Morgan fingerprint density at radius 2 is 2.17 bits per heavy atom. The Labute approximate surface area is 104 Å². The molecule has 94 valence electrons. The second kappa shape index (κ2) is 3.80. The van der Waals surface area contributed by atoms with Crippen molar-refractivity contribution in [3.05, 3.63) is 30.1 Å². The van der Waals surface area contributed by atoms with Gasteiger partial charge in [-0.15, -0.1) is 0 Å². The summed E-state index contributed by atoms with van der Waals surface area (Å²) in [5, 5.41) is 9.10. The number of nitrogens with zero attached hydrogens (tertiary/aromatic N) is 2. The van der Waals surface area contributed by atoms with Gasteiger partial charge in [-0.25, -0.2) is 4.79 Å². The molecule has 1 unspecified atom stereocenters. The summed E-state index contributed by atoms with van der Waals surface area (Å²) in [5.41, 5.74) is 0.257. The van der Waals surface area contributed by atoms with E-state index in [1.807, 2.05) is 0 Å². The number of hydrogen-bond donors (Lipinski definition) is 1. The number of ketones is 1. The lowest BCUT2D eigenvalue weighted by molar-refractivity contribution is -0.0880. The summed E-state index contributed by atoms with van der Waals surface area (Å²) in [5.74, 6) is -0.163. The third-order valence-electron chi connectivity index (χ3n) is 4.14. The van der Waals surface area contributed by atoms with E-state index in [2.05, 4.69) is 4.98 Å². The van der Waals surface area contributed by atoms with Crippen LogP contribution in [0.4, 0.5) is 4.79 Å². The van der Waals surface area contributed by atoms with Crippen LogP contribution in [0.2, 0.25) is 0 Å². The number of aromatic nitrogens is 1. The molecule has 0 radical (unpaired) electrons. The first kappa shape index (κ1) is 11.2.